The second-order valence-electron chi connectivity index (χ2n) is 4.23. The van der Waals surface area contributed by atoms with Gasteiger partial charge in [0.05, 0.1) is 22.3 Å². The van der Waals surface area contributed by atoms with E-state index in [1.807, 2.05) is 24.3 Å². The van der Waals surface area contributed by atoms with Crippen LogP contribution in [-0.2, 0) is 0 Å². The zero-order valence-electron chi connectivity index (χ0n) is 11.4. The van der Waals surface area contributed by atoms with Crippen molar-refractivity contribution in [3.63, 3.8) is 0 Å². The summed E-state index contributed by atoms with van der Waals surface area (Å²) < 4.78 is 7.83. The highest BCUT2D eigenvalue weighted by atomic mass is 127. The summed E-state index contributed by atoms with van der Waals surface area (Å²) in [5.41, 5.74) is 3.90. The van der Waals surface area contributed by atoms with E-state index in [2.05, 4.69) is 65.0 Å². The first kappa shape index (κ1) is 17.4. The van der Waals surface area contributed by atoms with Gasteiger partial charge in [0, 0.05) is 9.13 Å². The van der Waals surface area contributed by atoms with Crippen molar-refractivity contribution >= 4 is 66.6 Å². The highest BCUT2D eigenvalue weighted by Crippen LogP contribution is 2.33. The number of amides is 1. The fraction of sp³-hybridized carbons (Fsp3) is 0.0667. The van der Waals surface area contributed by atoms with Crippen LogP contribution in [0.4, 0.5) is 0 Å². The van der Waals surface area contributed by atoms with Gasteiger partial charge in [-0.05, 0) is 90.3 Å². The average molecular weight is 538 g/mol. The number of hydrogen-bond acceptors (Lipinski definition) is 3. The van der Waals surface area contributed by atoms with Crippen LogP contribution in [0.2, 0.25) is 0 Å². The zero-order chi connectivity index (χ0) is 16.1. The summed E-state index contributed by atoms with van der Waals surface area (Å²) in [5, 5.41) is 3.98. The van der Waals surface area contributed by atoms with Crippen LogP contribution in [0.1, 0.15) is 15.9 Å². The van der Waals surface area contributed by atoms with Gasteiger partial charge in [0.25, 0.3) is 5.91 Å². The van der Waals surface area contributed by atoms with Crippen molar-refractivity contribution < 1.29 is 9.53 Å². The topological polar surface area (TPSA) is 50.7 Å². The molecule has 2 rings (SSSR count). The molecule has 22 heavy (non-hydrogen) atoms. The van der Waals surface area contributed by atoms with Crippen LogP contribution in [0.25, 0.3) is 0 Å². The summed E-state index contributed by atoms with van der Waals surface area (Å²) in [6.45, 7) is 0. The molecule has 0 saturated heterocycles. The maximum Gasteiger partial charge on any atom is 0.271 e. The number of hydrazone groups is 1. The van der Waals surface area contributed by atoms with E-state index in [-0.39, 0.29) is 5.91 Å². The molecule has 0 fully saturated rings. The van der Waals surface area contributed by atoms with Gasteiger partial charge in [-0.2, -0.15) is 5.10 Å². The first-order valence-electron chi connectivity index (χ1n) is 6.13. The van der Waals surface area contributed by atoms with E-state index in [9.17, 15) is 4.79 Å². The second kappa shape index (κ2) is 8.07. The van der Waals surface area contributed by atoms with E-state index >= 15 is 0 Å². The summed E-state index contributed by atoms with van der Waals surface area (Å²) in [7, 11) is 1.60. The van der Waals surface area contributed by atoms with Crippen molar-refractivity contribution in [2.24, 2.45) is 5.10 Å². The monoisotopic (exact) mass is 536 g/mol. The average Bonchev–Trinajstić information content (AvgIpc) is 2.47. The van der Waals surface area contributed by atoms with Gasteiger partial charge < -0.3 is 4.74 Å². The van der Waals surface area contributed by atoms with Gasteiger partial charge in [-0.15, -0.1) is 0 Å². The molecule has 0 radical (unpaired) electrons. The molecule has 0 aliphatic heterocycles. The minimum atomic E-state index is -0.249. The molecule has 0 heterocycles. The SMILES string of the molecule is COc1c(Br)cc(/C=N\NC(=O)c2cccc(I)c2)cc1Br. The minimum absolute atomic E-state index is 0.249. The summed E-state index contributed by atoms with van der Waals surface area (Å²) in [6.07, 6.45) is 1.57. The van der Waals surface area contributed by atoms with Gasteiger partial charge in [0.15, 0.2) is 0 Å². The predicted molar refractivity (Wildman–Crippen MR) is 103 cm³/mol. The normalized spacial score (nSPS) is 10.7. The Morgan fingerprint density at radius 2 is 1.95 bits per heavy atom. The third-order valence-electron chi connectivity index (χ3n) is 2.69. The predicted octanol–water partition coefficient (Wildman–Crippen LogP) is 4.59. The van der Waals surface area contributed by atoms with Crippen LogP contribution >= 0.6 is 54.5 Å². The Labute approximate surface area is 158 Å². The van der Waals surface area contributed by atoms with Crippen LogP contribution in [0.3, 0.4) is 0 Å². The number of carbonyl (C=O) groups excluding carboxylic acids is 1. The fourth-order valence-corrected chi connectivity index (χ4v) is 3.80. The van der Waals surface area contributed by atoms with Crippen LogP contribution in [0.5, 0.6) is 5.75 Å². The van der Waals surface area contributed by atoms with Gasteiger partial charge in [-0.3, -0.25) is 4.79 Å². The summed E-state index contributed by atoms with van der Waals surface area (Å²) in [6, 6.07) is 11.0. The molecule has 0 aromatic heterocycles. The third-order valence-corrected chi connectivity index (χ3v) is 4.54. The Morgan fingerprint density at radius 1 is 1.27 bits per heavy atom. The number of carbonyl (C=O) groups is 1. The minimum Gasteiger partial charge on any atom is -0.494 e. The lowest BCUT2D eigenvalue weighted by Gasteiger charge is -2.06. The van der Waals surface area contributed by atoms with E-state index in [4.69, 9.17) is 4.74 Å². The first-order chi connectivity index (χ1) is 10.5. The number of halogens is 3. The second-order valence-corrected chi connectivity index (χ2v) is 7.18. The molecule has 7 heteroatoms. The van der Waals surface area contributed by atoms with E-state index in [0.717, 1.165) is 18.1 Å². The summed E-state index contributed by atoms with van der Waals surface area (Å²) in [4.78, 5) is 12.0. The van der Waals surface area contributed by atoms with Crippen LogP contribution in [0, 0.1) is 3.57 Å². The Kier molecular flexibility index (Phi) is 6.39. The molecule has 0 spiro atoms. The van der Waals surface area contributed by atoms with Gasteiger partial charge in [-0.25, -0.2) is 5.43 Å². The number of rotatable bonds is 4. The maximum absolute atomic E-state index is 12.0. The highest BCUT2D eigenvalue weighted by Gasteiger charge is 2.07. The lowest BCUT2D eigenvalue weighted by molar-refractivity contribution is 0.0955. The van der Waals surface area contributed by atoms with Crippen LogP contribution < -0.4 is 10.2 Å². The summed E-state index contributed by atoms with van der Waals surface area (Å²) >= 11 is 9.00. The largest absolute Gasteiger partial charge is 0.494 e. The Balaban J connectivity index is 2.08. The molecule has 0 aliphatic rings. The number of nitrogens with one attached hydrogen (secondary N) is 1. The quantitative estimate of drug-likeness (QED) is 0.352. The molecule has 1 N–H and O–H groups in total. The number of ether oxygens (including phenoxy) is 1. The third kappa shape index (κ3) is 4.53. The molecule has 4 nitrogen and oxygen atoms in total. The Morgan fingerprint density at radius 3 is 2.55 bits per heavy atom. The van der Waals surface area contributed by atoms with Crippen molar-refractivity contribution in [3.8, 4) is 5.75 Å². The zero-order valence-corrected chi connectivity index (χ0v) is 16.8. The Bertz CT molecular complexity index is 712. The lowest BCUT2D eigenvalue weighted by Crippen LogP contribution is -2.17. The number of benzene rings is 2. The van der Waals surface area contributed by atoms with E-state index in [1.54, 1.807) is 25.5 Å². The van der Waals surface area contributed by atoms with Crippen LogP contribution in [0.15, 0.2) is 50.4 Å². The fourth-order valence-electron chi connectivity index (χ4n) is 1.71. The Hall–Kier alpha value is -0.930. The van der Waals surface area contributed by atoms with E-state index < -0.39 is 0 Å². The molecule has 2 aromatic carbocycles. The van der Waals surface area contributed by atoms with E-state index in [1.165, 1.54) is 0 Å². The maximum atomic E-state index is 12.0. The number of nitrogens with zero attached hydrogens (tertiary/aromatic N) is 1. The standard InChI is InChI=1S/C15H11Br2IN2O2/c1-22-14-12(16)5-9(6-13(14)17)8-19-20-15(21)10-3-2-4-11(18)7-10/h2-8H,1H3,(H,20,21)/b19-8-. The lowest BCUT2D eigenvalue weighted by atomic mass is 10.2. The molecule has 2 aromatic rings. The molecule has 0 saturated carbocycles. The van der Waals surface area contributed by atoms with Gasteiger partial charge in [0.2, 0.25) is 0 Å². The highest BCUT2D eigenvalue weighted by molar-refractivity contribution is 14.1. The number of hydrogen-bond donors (Lipinski definition) is 1. The van der Waals surface area contributed by atoms with E-state index in [0.29, 0.717) is 11.3 Å². The van der Waals surface area contributed by atoms with Gasteiger partial charge >= 0.3 is 0 Å². The first-order valence-corrected chi connectivity index (χ1v) is 8.79. The van der Waals surface area contributed by atoms with Crippen molar-refractivity contribution in [2.45, 2.75) is 0 Å². The molecule has 1 amide bonds. The van der Waals surface area contributed by atoms with Crippen molar-refractivity contribution in [1.29, 1.82) is 0 Å². The molecule has 114 valence electrons. The van der Waals surface area contributed by atoms with Crippen LogP contribution in [-0.4, -0.2) is 19.2 Å². The molecule has 0 unspecified atom stereocenters. The molecular weight excluding hydrogens is 527 g/mol. The molecule has 0 aliphatic carbocycles. The van der Waals surface area contributed by atoms with Gasteiger partial charge in [-0.1, -0.05) is 6.07 Å². The number of methoxy groups -OCH3 is 1. The summed E-state index contributed by atoms with van der Waals surface area (Å²) in [5.74, 6) is 0.460. The molecular formula is C15H11Br2IN2O2. The van der Waals surface area contributed by atoms with Crippen molar-refractivity contribution in [2.75, 3.05) is 7.11 Å². The smallest absolute Gasteiger partial charge is 0.271 e. The molecule has 0 bridgehead atoms. The van der Waals surface area contributed by atoms with Gasteiger partial charge in [0.1, 0.15) is 5.75 Å². The molecule has 0 atom stereocenters. The van der Waals surface area contributed by atoms with Crippen molar-refractivity contribution in [1.82, 2.24) is 5.43 Å². The van der Waals surface area contributed by atoms with Crippen molar-refractivity contribution in [3.05, 3.63) is 60.0 Å².